The number of carbonyl (C=O) groups is 5. The lowest BCUT2D eigenvalue weighted by Crippen LogP contribution is -2.53. The summed E-state index contributed by atoms with van der Waals surface area (Å²) >= 11 is 6.14. The molecule has 1 aromatic carbocycles. The zero-order valence-corrected chi connectivity index (χ0v) is 25.1. The van der Waals surface area contributed by atoms with Crippen molar-refractivity contribution < 1.29 is 28.7 Å². The van der Waals surface area contributed by atoms with Crippen LogP contribution in [0.25, 0.3) is 0 Å². The van der Waals surface area contributed by atoms with E-state index in [4.69, 9.17) is 16.3 Å². The van der Waals surface area contributed by atoms with Gasteiger partial charge >= 0.3 is 0 Å². The van der Waals surface area contributed by atoms with Gasteiger partial charge < -0.3 is 15.4 Å². The van der Waals surface area contributed by atoms with Crippen molar-refractivity contribution >= 4 is 40.8 Å². The quantitative estimate of drug-likeness (QED) is 0.371. The van der Waals surface area contributed by atoms with Crippen molar-refractivity contribution in [3.05, 3.63) is 70.8 Å². The highest BCUT2D eigenvalue weighted by Crippen LogP contribution is 2.29. The number of allylic oxidation sites excluding steroid dienone is 2. The van der Waals surface area contributed by atoms with Crippen LogP contribution in [0.5, 0.6) is 0 Å². The third kappa shape index (κ3) is 8.58. The lowest BCUT2D eigenvalue weighted by atomic mass is 9.86. The molecule has 5 atom stereocenters. The van der Waals surface area contributed by atoms with Crippen molar-refractivity contribution in [2.45, 2.75) is 77.0 Å². The molecule has 3 aliphatic rings. The fraction of sp³-hybridized carbons (Fsp3) is 0.485. The molecule has 2 amide bonds. The number of hydrogen-bond donors (Lipinski definition) is 2. The first-order valence-corrected chi connectivity index (χ1v) is 14.9. The topological polar surface area (TPSA) is 119 Å². The van der Waals surface area contributed by atoms with E-state index in [0.29, 0.717) is 24.3 Å². The number of nitrogens with one attached hydrogen (secondary N) is 2. The molecule has 9 heteroatoms. The molecule has 2 aliphatic carbocycles. The number of fused-ring (bicyclic) bond motifs is 1. The van der Waals surface area contributed by atoms with E-state index in [1.165, 1.54) is 0 Å². The van der Waals surface area contributed by atoms with E-state index >= 15 is 0 Å². The van der Waals surface area contributed by atoms with E-state index in [-0.39, 0.29) is 43.5 Å². The number of halogens is 1. The van der Waals surface area contributed by atoms with Crippen LogP contribution < -0.4 is 10.6 Å². The highest BCUT2D eigenvalue weighted by atomic mass is 35.5. The molecule has 0 bridgehead atoms. The number of ether oxygens (including phenoxy) is 1. The normalized spacial score (nSPS) is 23.2. The van der Waals surface area contributed by atoms with Gasteiger partial charge in [0.15, 0.2) is 0 Å². The van der Waals surface area contributed by atoms with Gasteiger partial charge in [0.05, 0.1) is 18.6 Å². The maximum atomic E-state index is 13.8. The van der Waals surface area contributed by atoms with Crippen molar-refractivity contribution in [1.29, 1.82) is 0 Å². The minimum Gasteiger partial charge on any atom is -0.368 e. The third-order valence-corrected chi connectivity index (χ3v) is 8.00. The zero-order valence-electron chi connectivity index (χ0n) is 24.4. The van der Waals surface area contributed by atoms with Gasteiger partial charge in [-0.25, -0.2) is 0 Å². The molecule has 1 fully saturated rings. The molecule has 0 aromatic heterocycles. The molecule has 1 aromatic rings. The molecule has 0 saturated heterocycles. The predicted molar refractivity (Wildman–Crippen MR) is 159 cm³/mol. The second-order valence-electron chi connectivity index (χ2n) is 12.4. The SMILES string of the molecule is CC(C)(C)NC(=O)C(=O)[C@H](C[C@@H]1CCCC1=O)NC(=O)[C@@H](CC(=O)C1C=C2C=C(Cl)C=CC2OC1)Cc1ccccc1. The number of ketones is 3. The second kappa shape index (κ2) is 13.7. The highest BCUT2D eigenvalue weighted by Gasteiger charge is 2.37. The minimum absolute atomic E-state index is 0.0321. The summed E-state index contributed by atoms with van der Waals surface area (Å²) in [6, 6.07) is 8.14. The molecule has 2 unspecified atom stereocenters. The lowest BCUT2D eigenvalue weighted by molar-refractivity contribution is -0.142. The summed E-state index contributed by atoms with van der Waals surface area (Å²) in [5.74, 6) is -4.03. The number of carbonyl (C=O) groups excluding carboxylic acids is 5. The van der Waals surface area contributed by atoms with Crippen LogP contribution in [0.4, 0.5) is 0 Å². The number of amides is 2. The Morgan fingerprint density at radius 3 is 2.52 bits per heavy atom. The largest absolute Gasteiger partial charge is 0.368 e. The van der Waals surface area contributed by atoms with Gasteiger partial charge in [0.25, 0.3) is 5.91 Å². The Bertz CT molecular complexity index is 1310. The van der Waals surface area contributed by atoms with Gasteiger partial charge in [-0.05, 0) is 75.8 Å². The number of benzene rings is 1. The van der Waals surface area contributed by atoms with Crippen LogP contribution in [-0.2, 0) is 35.1 Å². The first kappa shape index (κ1) is 31.6. The Hall–Kier alpha value is -3.36. The highest BCUT2D eigenvalue weighted by molar-refractivity contribution is 6.38. The van der Waals surface area contributed by atoms with Gasteiger partial charge in [0, 0.05) is 35.2 Å². The third-order valence-electron chi connectivity index (χ3n) is 7.77. The maximum absolute atomic E-state index is 13.8. The summed E-state index contributed by atoms with van der Waals surface area (Å²) in [5, 5.41) is 5.98. The summed E-state index contributed by atoms with van der Waals surface area (Å²) in [4.78, 5) is 65.9. The Labute approximate surface area is 252 Å². The van der Waals surface area contributed by atoms with Crippen molar-refractivity contribution in [2.24, 2.45) is 17.8 Å². The molecule has 0 spiro atoms. The first-order valence-electron chi connectivity index (χ1n) is 14.5. The summed E-state index contributed by atoms with van der Waals surface area (Å²) in [5.41, 5.74) is 0.999. The Morgan fingerprint density at radius 1 is 1.12 bits per heavy atom. The van der Waals surface area contributed by atoms with E-state index < -0.39 is 46.9 Å². The van der Waals surface area contributed by atoms with Crippen LogP contribution in [-0.4, -0.2) is 53.5 Å². The van der Waals surface area contributed by atoms with Gasteiger partial charge in [-0.15, -0.1) is 0 Å². The van der Waals surface area contributed by atoms with Crippen LogP contribution in [0.15, 0.2) is 65.2 Å². The number of Topliss-reactive ketones (excluding diaryl/α,β-unsaturated/α-hetero) is 3. The van der Waals surface area contributed by atoms with Crippen LogP contribution in [0.2, 0.25) is 0 Å². The summed E-state index contributed by atoms with van der Waals surface area (Å²) in [7, 11) is 0. The summed E-state index contributed by atoms with van der Waals surface area (Å²) in [6.45, 7) is 5.45. The van der Waals surface area contributed by atoms with E-state index in [0.717, 1.165) is 11.1 Å². The van der Waals surface area contributed by atoms with E-state index in [1.54, 1.807) is 32.9 Å². The molecular weight excluding hydrogens is 556 g/mol. The smallest absolute Gasteiger partial charge is 0.290 e. The average Bonchev–Trinajstić information content (AvgIpc) is 3.34. The molecule has 1 saturated carbocycles. The van der Waals surface area contributed by atoms with Gasteiger partial charge in [0.2, 0.25) is 11.7 Å². The Morgan fingerprint density at radius 2 is 1.86 bits per heavy atom. The molecule has 1 heterocycles. The van der Waals surface area contributed by atoms with Crippen molar-refractivity contribution in [3.63, 3.8) is 0 Å². The van der Waals surface area contributed by atoms with Gasteiger partial charge in [-0.2, -0.15) is 0 Å². The van der Waals surface area contributed by atoms with E-state index in [9.17, 15) is 24.0 Å². The van der Waals surface area contributed by atoms with Crippen molar-refractivity contribution in [1.82, 2.24) is 10.6 Å². The molecule has 8 nitrogen and oxygen atoms in total. The molecule has 2 N–H and O–H groups in total. The lowest BCUT2D eigenvalue weighted by Gasteiger charge is -2.28. The number of hydrogen-bond acceptors (Lipinski definition) is 6. The first-order chi connectivity index (χ1) is 19.9. The maximum Gasteiger partial charge on any atom is 0.290 e. The van der Waals surface area contributed by atoms with Crippen LogP contribution in [0.1, 0.15) is 58.4 Å². The number of rotatable bonds is 11. The molecule has 42 heavy (non-hydrogen) atoms. The van der Waals surface area contributed by atoms with Crippen LogP contribution in [0, 0.1) is 17.8 Å². The zero-order chi connectivity index (χ0) is 30.4. The van der Waals surface area contributed by atoms with Gasteiger partial charge in [-0.1, -0.05) is 48.0 Å². The fourth-order valence-electron chi connectivity index (χ4n) is 5.60. The van der Waals surface area contributed by atoms with Crippen molar-refractivity contribution in [3.8, 4) is 0 Å². The van der Waals surface area contributed by atoms with Crippen molar-refractivity contribution in [2.75, 3.05) is 6.61 Å². The van der Waals surface area contributed by atoms with E-state index in [2.05, 4.69) is 10.6 Å². The predicted octanol–water partition coefficient (Wildman–Crippen LogP) is 4.17. The molecule has 1 aliphatic heterocycles. The van der Waals surface area contributed by atoms with Crippen LogP contribution in [0.3, 0.4) is 0 Å². The fourth-order valence-corrected chi connectivity index (χ4v) is 5.80. The second-order valence-corrected chi connectivity index (χ2v) is 12.8. The molecule has 4 rings (SSSR count). The molecule has 224 valence electrons. The molecule has 0 radical (unpaired) electrons. The minimum atomic E-state index is -1.18. The van der Waals surface area contributed by atoms with Gasteiger partial charge in [0.1, 0.15) is 17.7 Å². The summed E-state index contributed by atoms with van der Waals surface area (Å²) in [6.07, 6.45) is 8.91. The standard InChI is InChI=1S/C33H39ClN2O6/c1-33(2,3)36-32(41)30(39)26(17-21-10-7-11-27(21)37)35-31(40)23(14-20-8-5-4-6-9-20)18-28(38)24-15-22-16-25(34)12-13-29(22)42-19-24/h4-6,8-9,12-13,15-16,21,23-24,26,29H,7,10-11,14,17-19H2,1-3H3,(H,35,40)(H,36,41)/t21-,23+,24?,26-,29?/m0/s1. The van der Waals surface area contributed by atoms with Crippen LogP contribution >= 0.6 is 11.6 Å². The molecular formula is C33H39ClN2O6. The van der Waals surface area contributed by atoms with Gasteiger partial charge in [-0.3, -0.25) is 24.0 Å². The Kier molecular flexibility index (Phi) is 10.3. The van der Waals surface area contributed by atoms with E-state index in [1.807, 2.05) is 42.5 Å². The summed E-state index contributed by atoms with van der Waals surface area (Å²) < 4.78 is 5.87. The monoisotopic (exact) mass is 594 g/mol. The Balaban J connectivity index is 1.54. The average molecular weight is 595 g/mol.